The first-order chi connectivity index (χ1) is 9.97. The number of nitrogens with one attached hydrogen (secondary N) is 2. The Morgan fingerprint density at radius 1 is 1.48 bits per heavy atom. The van der Waals surface area contributed by atoms with Gasteiger partial charge in [0.25, 0.3) is 5.91 Å². The van der Waals surface area contributed by atoms with Crippen molar-refractivity contribution in [1.29, 1.82) is 0 Å². The smallest absolute Gasteiger partial charge is 0.326 e. The Kier molecular flexibility index (Phi) is 5.34. The minimum absolute atomic E-state index is 0.141. The van der Waals surface area contributed by atoms with Crippen molar-refractivity contribution in [1.82, 2.24) is 15.3 Å². The van der Waals surface area contributed by atoms with Crippen LogP contribution in [0.15, 0.2) is 35.2 Å². The third-order valence-corrected chi connectivity index (χ3v) is 4.12. The SMILES string of the molecule is O=C(NC(Cc1cnc[nH]1)C(=O)O)c1cc(I)ccc1Br. The van der Waals surface area contributed by atoms with Gasteiger partial charge in [0.2, 0.25) is 0 Å². The number of hydrogen-bond donors (Lipinski definition) is 3. The molecule has 0 saturated heterocycles. The van der Waals surface area contributed by atoms with Crippen molar-refractivity contribution in [2.75, 3.05) is 0 Å². The number of carbonyl (C=O) groups excluding carboxylic acids is 1. The lowest BCUT2D eigenvalue weighted by Gasteiger charge is -2.14. The molecule has 1 atom stereocenters. The summed E-state index contributed by atoms with van der Waals surface area (Å²) in [7, 11) is 0. The maximum absolute atomic E-state index is 12.2. The highest BCUT2D eigenvalue weighted by atomic mass is 127. The molecule has 1 aromatic carbocycles. The Labute approximate surface area is 142 Å². The molecule has 1 heterocycles. The Hall–Kier alpha value is -1.42. The number of aromatic amines is 1. The van der Waals surface area contributed by atoms with Crippen molar-refractivity contribution >= 4 is 50.4 Å². The number of hydrogen-bond acceptors (Lipinski definition) is 3. The molecule has 0 aliphatic carbocycles. The summed E-state index contributed by atoms with van der Waals surface area (Å²) in [6.07, 6.45) is 3.14. The van der Waals surface area contributed by atoms with Crippen LogP contribution in [0.5, 0.6) is 0 Å². The van der Waals surface area contributed by atoms with Crippen LogP contribution in [0.25, 0.3) is 0 Å². The number of carbonyl (C=O) groups is 2. The van der Waals surface area contributed by atoms with Crippen molar-refractivity contribution < 1.29 is 14.7 Å². The lowest BCUT2D eigenvalue weighted by atomic mass is 10.1. The largest absolute Gasteiger partial charge is 0.480 e. The van der Waals surface area contributed by atoms with Gasteiger partial charge in [-0.3, -0.25) is 4.79 Å². The monoisotopic (exact) mass is 463 g/mol. The Bertz CT molecular complexity index is 661. The second-order valence-electron chi connectivity index (χ2n) is 4.27. The highest BCUT2D eigenvalue weighted by Crippen LogP contribution is 2.19. The van der Waals surface area contributed by atoms with E-state index >= 15 is 0 Å². The Balaban J connectivity index is 2.14. The van der Waals surface area contributed by atoms with E-state index in [1.807, 2.05) is 6.07 Å². The summed E-state index contributed by atoms with van der Waals surface area (Å²) in [5.41, 5.74) is 1.04. The highest BCUT2D eigenvalue weighted by Gasteiger charge is 2.22. The number of carboxylic acid groups (broad SMARTS) is 1. The van der Waals surface area contributed by atoms with Gasteiger partial charge in [0.15, 0.2) is 0 Å². The highest BCUT2D eigenvalue weighted by molar-refractivity contribution is 14.1. The van der Waals surface area contributed by atoms with E-state index in [4.69, 9.17) is 0 Å². The van der Waals surface area contributed by atoms with Crippen LogP contribution < -0.4 is 5.32 Å². The fourth-order valence-corrected chi connectivity index (χ4v) is 2.64. The van der Waals surface area contributed by atoms with Gasteiger partial charge in [-0.25, -0.2) is 9.78 Å². The van der Waals surface area contributed by atoms with Gasteiger partial charge >= 0.3 is 5.97 Å². The molecule has 1 unspecified atom stereocenters. The molecule has 0 radical (unpaired) electrons. The average molecular weight is 464 g/mol. The lowest BCUT2D eigenvalue weighted by molar-refractivity contribution is -0.139. The average Bonchev–Trinajstić information content (AvgIpc) is 2.93. The molecular formula is C13H11BrIN3O3. The van der Waals surface area contributed by atoms with Gasteiger partial charge in [-0.1, -0.05) is 0 Å². The summed E-state index contributed by atoms with van der Waals surface area (Å²) in [6.45, 7) is 0. The summed E-state index contributed by atoms with van der Waals surface area (Å²) < 4.78 is 1.51. The van der Waals surface area contributed by atoms with Gasteiger partial charge in [0.1, 0.15) is 6.04 Å². The first kappa shape index (κ1) is 16.0. The van der Waals surface area contributed by atoms with Crippen LogP contribution in [0.2, 0.25) is 0 Å². The maximum Gasteiger partial charge on any atom is 0.326 e. The zero-order valence-electron chi connectivity index (χ0n) is 10.6. The quantitative estimate of drug-likeness (QED) is 0.592. The van der Waals surface area contributed by atoms with Crippen molar-refractivity contribution in [2.24, 2.45) is 0 Å². The third-order valence-electron chi connectivity index (χ3n) is 2.76. The van der Waals surface area contributed by atoms with E-state index in [1.165, 1.54) is 12.5 Å². The second kappa shape index (κ2) is 7.03. The number of amides is 1. The molecule has 0 aliphatic rings. The number of rotatable bonds is 5. The number of aliphatic carboxylic acids is 1. The lowest BCUT2D eigenvalue weighted by Crippen LogP contribution is -2.42. The summed E-state index contributed by atoms with van der Waals surface area (Å²) >= 11 is 5.38. The van der Waals surface area contributed by atoms with Crippen molar-refractivity contribution in [3.8, 4) is 0 Å². The second-order valence-corrected chi connectivity index (χ2v) is 6.37. The Morgan fingerprint density at radius 2 is 2.24 bits per heavy atom. The standard InChI is InChI=1S/C13H11BrIN3O3/c14-10-2-1-7(15)3-9(10)12(19)18-11(13(20)21)4-8-5-16-6-17-8/h1-3,5-6,11H,4H2,(H,16,17)(H,18,19)(H,20,21). The predicted molar refractivity (Wildman–Crippen MR) is 88.0 cm³/mol. The Morgan fingerprint density at radius 3 is 2.86 bits per heavy atom. The zero-order chi connectivity index (χ0) is 15.4. The van der Waals surface area contributed by atoms with Crippen LogP contribution in [-0.2, 0) is 11.2 Å². The molecule has 0 saturated carbocycles. The number of imidazole rings is 1. The van der Waals surface area contributed by atoms with Gasteiger partial charge < -0.3 is 15.4 Å². The van der Waals surface area contributed by atoms with Crippen molar-refractivity contribution in [3.63, 3.8) is 0 Å². The van der Waals surface area contributed by atoms with E-state index < -0.39 is 17.9 Å². The fourth-order valence-electron chi connectivity index (χ4n) is 1.72. The van der Waals surface area contributed by atoms with E-state index in [2.05, 4.69) is 53.8 Å². The van der Waals surface area contributed by atoms with Crippen molar-refractivity contribution in [2.45, 2.75) is 12.5 Å². The molecule has 3 N–H and O–H groups in total. The normalized spacial score (nSPS) is 11.9. The molecule has 0 bridgehead atoms. The van der Waals surface area contributed by atoms with Crippen LogP contribution in [0, 0.1) is 3.57 Å². The van der Waals surface area contributed by atoms with E-state index in [1.54, 1.807) is 12.1 Å². The fraction of sp³-hybridized carbons (Fsp3) is 0.154. The van der Waals surface area contributed by atoms with Gasteiger partial charge in [-0.05, 0) is 56.7 Å². The first-order valence-electron chi connectivity index (χ1n) is 5.93. The minimum atomic E-state index is -1.10. The predicted octanol–water partition coefficient (Wildman–Crippen LogP) is 2.20. The first-order valence-corrected chi connectivity index (χ1v) is 7.80. The molecule has 0 fully saturated rings. The van der Waals surface area contributed by atoms with Gasteiger partial charge in [-0.2, -0.15) is 0 Å². The van der Waals surface area contributed by atoms with Gasteiger partial charge in [-0.15, -0.1) is 0 Å². The van der Waals surface area contributed by atoms with Crippen LogP contribution >= 0.6 is 38.5 Å². The molecule has 2 rings (SSSR count). The number of aromatic nitrogens is 2. The molecule has 21 heavy (non-hydrogen) atoms. The molecular weight excluding hydrogens is 453 g/mol. The molecule has 1 aromatic heterocycles. The third kappa shape index (κ3) is 4.27. The van der Waals surface area contributed by atoms with E-state index in [9.17, 15) is 14.7 Å². The number of halogens is 2. The van der Waals surface area contributed by atoms with Crippen LogP contribution in [0.4, 0.5) is 0 Å². The maximum atomic E-state index is 12.2. The summed E-state index contributed by atoms with van der Waals surface area (Å²) in [5.74, 6) is -1.54. The van der Waals surface area contributed by atoms with Crippen molar-refractivity contribution in [3.05, 3.63) is 50.0 Å². The summed E-state index contributed by atoms with van der Waals surface area (Å²) in [6, 6.07) is 4.26. The topological polar surface area (TPSA) is 95.1 Å². The number of nitrogens with zero attached hydrogens (tertiary/aromatic N) is 1. The zero-order valence-corrected chi connectivity index (χ0v) is 14.4. The van der Waals surface area contributed by atoms with Crippen LogP contribution in [0.1, 0.15) is 16.1 Å². The number of H-pyrrole nitrogens is 1. The molecule has 2 aromatic rings. The van der Waals surface area contributed by atoms with E-state index in [0.717, 1.165) is 3.57 Å². The molecule has 110 valence electrons. The minimum Gasteiger partial charge on any atom is -0.480 e. The molecule has 0 spiro atoms. The van der Waals surface area contributed by atoms with Crippen LogP contribution in [0.3, 0.4) is 0 Å². The molecule has 8 heteroatoms. The van der Waals surface area contributed by atoms with Crippen LogP contribution in [-0.4, -0.2) is 33.0 Å². The number of carboxylic acids is 1. The summed E-state index contributed by atoms with van der Waals surface area (Å²) in [4.78, 5) is 30.2. The summed E-state index contributed by atoms with van der Waals surface area (Å²) in [5, 5.41) is 11.7. The molecule has 0 aliphatic heterocycles. The van der Waals surface area contributed by atoms with Gasteiger partial charge in [0.05, 0.1) is 11.9 Å². The number of benzene rings is 1. The van der Waals surface area contributed by atoms with Gasteiger partial charge in [0, 0.05) is 26.4 Å². The molecule has 1 amide bonds. The van der Waals surface area contributed by atoms with E-state index in [0.29, 0.717) is 15.7 Å². The molecule has 6 nitrogen and oxygen atoms in total. The van der Waals surface area contributed by atoms with E-state index in [-0.39, 0.29) is 6.42 Å².